The zero-order valence-electron chi connectivity index (χ0n) is 15.5. The molecule has 136 valence electrons. The maximum atomic E-state index is 12.8. The molecule has 1 N–H and O–H groups in total. The summed E-state index contributed by atoms with van der Waals surface area (Å²) in [4.78, 5) is 17.6. The molecule has 4 aromatic rings. The number of hydrazone groups is 1. The predicted octanol–water partition coefficient (Wildman–Crippen LogP) is 4.97. The molecule has 0 aliphatic carbocycles. The maximum Gasteiger partial charge on any atom is 0.272 e. The van der Waals surface area contributed by atoms with E-state index in [2.05, 4.69) is 10.5 Å². The van der Waals surface area contributed by atoms with Crippen molar-refractivity contribution >= 4 is 23.0 Å². The highest BCUT2D eigenvalue weighted by molar-refractivity contribution is 6.07. The van der Waals surface area contributed by atoms with Crippen molar-refractivity contribution in [3.63, 3.8) is 0 Å². The van der Waals surface area contributed by atoms with Crippen molar-refractivity contribution in [2.45, 2.75) is 6.92 Å². The fourth-order valence-corrected chi connectivity index (χ4v) is 3.00. The van der Waals surface area contributed by atoms with Crippen molar-refractivity contribution in [2.24, 2.45) is 5.10 Å². The van der Waals surface area contributed by atoms with Crippen LogP contribution in [0, 0.1) is 6.92 Å². The summed E-state index contributed by atoms with van der Waals surface area (Å²) in [5.74, 6) is -0.265. The van der Waals surface area contributed by atoms with Gasteiger partial charge in [-0.3, -0.25) is 4.79 Å². The van der Waals surface area contributed by atoms with Crippen LogP contribution in [0.15, 0.2) is 90.0 Å². The molecule has 1 heterocycles. The Balaban J connectivity index is 1.69. The van der Waals surface area contributed by atoms with E-state index in [9.17, 15) is 4.79 Å². The highest BCUT2D eigenvalue weighted by atomic mass is 16.2. The smallest absolute Gasteiger partial charge is 0.267 e. The Morgan fingerprint density at radius 2 is 1.64 bits per heavy atom. The summed E-state index contributed by atoms with van der Waals surface area (Å²) in [5, 5.41) is 4.89. The third kappa shape index (κ3) is 3.81. The molecule has 0 saturated heterocycles. The number of nitrogens with one attached hydrogen (secondary N) is 1. The quantitative estimate of drug-likeness (QED) is 0.410. The SMILES string of the molecule is Cc1ccc(-c2cc(C(=O)N/N=C/c3ccccc3)c3ccccc3n2)cc1. The summed E-state index contributed by atoms with van der Waals surface area (Å²) in [6.07, 6.45) is 1.63. The second kappa shape index (κ2) is 7.84. The number of aromatic nitrogens is 1. The highest BCUT2D eigenvalue weighted by Gasteiger charge is 2.13. The maximum absolute atomic E-state index is 12.8. The Labute approximate surface area is 163 Å². The van der Waals surface area contributed by atoms with Gasteiger partial charge in [-0.05, 0) is 24.6 Å². The number of fused-ring (bicyclic) bond motifs is 1. The Morgan fingerprint density at radius 1 is 0.929 bits per heavy atom. The molecule has 0 unspecified atom stereocenters. The summed E-state index contributed by atoms with van der Waals surface area (Å²) < 4.78 is 0. The largest absolute Gasteiger partial charge is 0.272 e. The fourth-order valence-electron chi connectivity index (χ4n) is 3.00. The van der Waals surface area contributed by atoms with Gasteiger partial charge in [0.05, 0.1) is 23.0 Å². The standard InChI is InChI=1S/C24H19N3O/c1-17-11-13-19(14-12-17)23-15-21(20-9-5-6-10-22(20)26-23)24(28)27-25-16-18-7-3-2-4-8-18/h2-16H,1H3,(H,27,28)/b25-16+. The molecule has 0 fully saturated rings. The molecule has 0 radical (unpaired) electrons. The van der Waals surface area contributed by atoms with E-state index in [1.807, 2.05) is 91.9 Å². The second-order valence-corrected chi connectivity index (χ2v) is 6.55. The lowest BCUT2D eigenvalue weighted by atomic mass is 10.0. The average molecular weight is 365 g/mol. The topological polar surface area (TPSA) is 54.4 Å². The number of carbonyl (C=O) groups excluding carboxylic acids is 1. The molecule has 0 atom stereocenters. The van der Waals surface area contributed by atoms with Gasteiger partial charge in [0.15, 0.2) is 0 Å². The number of carbonyl (C=O) groups is 1. The average Bonchev–Trinajstić information content (AvgIpc) is 2.74. The predicted molar refractivity (Wildman–Crippen MR) is 113 cm³/mol. The third-order valence-corrected chi connectivity index (χ3v) is 4.49. The number of hydrogen-bond acceptors (Lipinski definition) is 3. The van der Waals surface area contributed by atoms with E-state index in [0.29, 0.717) is 5.56 Å². The van der Waals surface area contributed by atoms with Gasteiger partial charge in [-0.1, -0.05) is 78.4 Å². The fraction of sp³-hybridized carbons (Fsp3) is 0.0417. The van der Waals surface area contributed by atoms with E-state index in [1.165, 1.54) is 5.56 Å². The van der Waals surface area contributed by atoms with Gasteiger partial charge in [-0.15, -0.1) is 0 Å². The van der Waals surface area contributed by atoms with Crippen LogP contribution >= 0.6 is 0 Å². The van der Waals surface area contributed by atoms with Gasteiger partial charge in [0.1, 0.15) is 0 Å². The van der Waals surface area contributed by atoms with Crippen molar-refractivity contribution in [3.05, 3.63) is 102 Å². The van der Waals surface area contributed by atoms with Crippen LogP contribution in [0.4, 0.5) is 0 Å². The summed E-state index contributed by atoms with van der Waals surface area (Å²) in [5.41, 5.74) is 7.78. The van der Waals surface area contributed by atoms with Crippen LogP contribution < -0.4 is 5.43 Å². The minimum Gasteiger partial charge on any atom is -0.267 e. The Kier molecular flexibility index (Phi) is 4.93. The van der Waals surface area contributed by atoms with E-state index in [-0.39, 0.29) is 5.91 Å². The van der Waals surface area contributed by atoms with Crippen molar-refractivity contribution in [1.29, 1.82) is 0 Å². The molecule has 3 aromatic carbocycles. The molecule has 0 aliphatic rings. The molecule has 1 aromatic heterocycles. The van der Waals surface area contributed by atoms with Gasteiger partial charge in [-0.25, -0.2) is 10.4 Å². The second-order valence-electron chi connectivity index (χ2n) is 6.55. The van der Waals surface area contributed by atoms with E-state index < -0.39 is 0 Å². The monoisotopic (exact) mass is 365 g/mol. The van der Waals surface area contributed by atoms with E-state index in [1.54, 1.807) is 6.21 Å². The van der Waals surface area contributed by atoms with E-state index >= 15 is 0 Å². The van der Waals surface area contributed by atoms with Crippen molar-refractivity contribution in [2.75, 3.05) is 0 Å². The van der Waals surface area contributed by atoms with Crippen molar-refractivity contribution in [3.8, 4) is 11.3 Å². The molecular weight excluding hydrogens is 346 g/mol. The molecule has 4 heteroatoms. The zero-order chi connectivity index (χ0) is 19.3. The number of amides is 1. The van der Waals surface area contributed by atoms with E-state index in [0.717, 1.165) is 27.7 Å². The molecule has 0 saturated carbocycles. The van der Waals surface area contributed by atoms with Crippen LogP contribution in [-0.2, 0) is 0 Å². The third-order valence-electron chi connectivity index (χ3n) is 4.49. The van der Waals surface area contributed by atoms with Gasteiger partial charge in [0, 0.05) is 10.9 Å². The lowest BCUT2D eigenvalue weighted by Crippen LogP contribution is -2.18. The molecule has 0 spiro atoms. The van der Waals surface area contributed by atoms with Gasteiger partial charge in [-0.2, -0.15) is 5.10 Å². The highest BCUT2D eigenvalue weighted by Crippen LogP contribution is 2.25. The number of pyridine rings is 1. The summed E-state index contributed by atoms with van der Waals surface area (Å²) >= 11 is 0. The molecule has 28 heavy (non-hydrogen) atoms. The van der Waals surface area contributed by atoms with Gasteiger partial charge in [0.2, 0.25) is 0 Å². The number of para-hydroxylation sites is 1. The number of benzene rings is 3. The molecule has 1 amide bonds. The number of nitrogens with zero attached hydrogens (tertiary/aromatic N) is 2. The normalized spacial score (nSPS) is 11.0. The number of rotatable bonds is 4. The Hall–Kier alpha value is -3.79. The summed E-state index contributed by atoms with van der Waals surface area (Å²) in [7, 11) is 0. The van der Waals surface area contributed by atoms with Crippen LogP contribution in [0.5, 0.6) is 0 Å². The van der Waals surface area contributed by atoms with Crippen LogP contribution in [0.3, 0.4) is 0 Å². The Bertz CT molecular complexity index is 1150. The molecule has 0 aliphatic heterocycles. The molecule has 4 nitrogen and oxygen atoms in total. The van der Waals surface area contributed by atoms with Crippen LogP contribution in [0.1, 0.15) is 21.5 Å². The minimum absolute atomic E-state index is 0.265. The first-order chi connectivity index (χ1) is 13.7. The van der Waals surface area contributed by atoms with E-state index in [4.69, 9.17) is 4.98 Å². The first-order valence-corrected chi connectivity index (χ1v) is 9.06. The van der Waals surface area contributed by atoms with Crippen LogP contribution in [0.2, 0.25) is 0 Å². The first-order valence-electron chi connectivity index (χ1n) is 9.06. The number of aryl methyl sites for hydroxylation is 1. The zero-order valence-corrected chi connectivity index (χ0v) is 15.5. The lowest BCUT2D eigenvalue weighted by molar-refractivity contribution is 0.0956. The summed E-state index contributed by atoms with van der Waals surface area (Å²) in [6.45, 7) is 2.04. The van der Waals surface area contributed by atoms with Gasteiger partial charge in [0.25, 0.3) is 5.91 Å². The molecule has 4 rings (SSSR count). The van der Waals surface area contributed by atoms with Crippen molar-refractivity contribution in [1.82, 2.24) is 10.4 Å². The first kappa shape index (κ1) is 17.6. The number of hydrogen-bond donors (Lipinski definition) is 1. The van der Waals surface area contributed by atoms with Crippen molar-refractivity contribution < 1.29 is 4.79 Å². The summed E-state index contributed by atoms with van der Waals surface area (Å²) in [6, 6.07) is 27.2. The van der Waals surface area contributed by atoms with Crippen LogP contribution in [-0.4, -0.2) is 17.1 Å². The van der Waals surface area contributed by atoms with Gasteiger partial charge < -0.3 is 0 Å². The Morgan fingerprint density at radius 3 is 2.43 bits per heavy atom. The molecular formula is C24H19N3O. The van der Waals surface area contributed by atoms with Gasteiger partial charge >= 0.3 is 0 Å². The minimum atomic E-state index is -0.265. The lowest BCUT2D eigenvalue weighted by Gasteiger charge is -2.09. The molecule has 0 bridgehead atoms. The van der Waals surface area contributed by atoms with Crippen LogP contribution in [0.25, 0.3) is 22.2 Å².